The first-order valence-electron chi connectivity index (χ1n) is 8.45. The van der Waals surface area contributed by atoms with Crippen LogP contribution in [-0.2, 0) is 14.8 Å². The highest BCUT2D eigenvalue weighted by atomic mass is 79.9. The lowest BCUT2D eigenvalue weighted by Crippen LogP contribution is -2.52. The number of carbonyl (C=O) groups is 2. The average Bonchev–Trinajstić information content (AvgIpc) is 3.14. The largest absolute Gasteiger partial charge is 0.444 e. The summed E-state index contributed by atoms with van der Waals surface area (Å²) >= 11 is 3.07. The molecule has 1 N–H and O–H groups in total. The second-order valence-electron chi connectivity index (χ2n) is 6.15. The van der Waals surface area contributed by atoms with Crippen molar-refractivity contribution in [2.24, 2.45) is 0 Å². The van der Waals surface area contributed by atoms with Gasteiger partial charge in [-0.2, -0.15) is 4.31 Å². The van der Waals surface area contributed by atoms with Gasteiger partial charge >= 0.3 is 0 Å². The van der Waals surface area contributed by atoms with Crippen molar-refractivity contribution in [3.8, 4) is 0 Å². The fourth-order valence-corrected chi connectivity index (χ4v) is 4.59. The molecule has 0 spiro atoms. The number of sulfonamides is 1. The topological polar surface area (TPSA) is 99.9 Å². The maximum atomic E-state index is 13.9. The quantitative estimate of drug-likeness (QED) is 0.684. The number of halogens is 3. The first-order chi connectivity index (χ1) is 13.7. The maximum absolute atomic E-state index is 13.9. The summed E-state index contributed by atoms with van der Waals surface area (Å²) in [6, 6.07) is 5.20. The van der Waals surface area contributed by atoms with Gasteiger partial charge in [-0.1, -0.05) is 0 Å². The van der Waals surface area contributed by atoms with Crippen molar-refractivity contribution in [1.82, 2.24) is 14.5 Å². The number of benzene rings is 1. The van der Waals surface area contributed by atoms with Crippen molar-refractivity contribution < 1.29 is 31.2 Å². The summed E-state index contributed by atoms with van der Waals surface area (Å²) in [5, 5.41) is 2.42. The summed E-state index contributed by atoms with van der Waals surface area (Å²) in [5.74, 6) is -2.84. The van der Waals surface area contributed by atoms with Gasteiger partial charge in [0.15, 0.2) is 10.4 Å². The molecule has 8 nitrogen and oxygen atoms in total. The molecule has 2 aromatic rings. The van der Waals surface area contributed by atoms with Crippen LogP contribution in [0.4, 0.5) is 8.78 Å². The molecule has 1 aromatic carbocycles. The smallest absolute Gasteiger partial charge is 0.287 e. The van der Waals surface area contributed by atoms with Crippen molar-refractivity contribution in [2.45, 2.75) is 4.90 Å². The van der Waals surface area contributed by atoms with E-state index in [1.54, 1.807) is 0 Å². The summed E-state index contributed by atoms with van der Waals surface area (Å²) in [6.45, 7) is -0.344. The van der Waals surface area contributed by atoms with Gasteiger partial charge in [0.25, 0.3) is 5.91 Å². The number of hydrogen-bond donors (Lipinski definition) is 1. The molecule has 0 bridgehead atoms. The average molecular weight is 492 g/mol. The van der Waals surface area contributed by atoms with E-state index >= 15 is 0 Å². The van der Waals surface area contributed by atoms with E-state index in [4.69, 9.17) is 4.42 Å². The van der Waals surface area contributed by atoms with Crippen LogP contribution in [0.15, 0.2) is 44.3 Å². The van der Waals surface area contributed by atoms with E-state index in [-0.39, 0.29) is 38.5 Å². The summed E-state index contributed by atoms with van der Waals surface area (Å²) in [6.07, 6.45) is 0. The van der Waals surface area contributed by atoms with Crippen molar-refractivity contribution >= 4 is 37.8 Å². The molecule has 0 atom stereocenters. The highest BCUT2D eigenvalue weighted by Crippen LogP contribution is 2.21. The standard InChI is InChI=1S/C17H16BrF2N3O5S/c18-15-4-3-13(28-15)17(25)21-10-16(24)22-5-7-23(8-6-22)29(26,27)14-9-11(19)1-2-12(14)20/h1-4,9H,5-8,10H2,(H,21,25). The molecule has 1 aliphatic rings. The van der Waals surface area contributed by atoms with E-state index in [0.717, 1.165) is 16.4 Å². The third-order valence-electron chi connectivity index (χ3n) is 4.30. The summed E-state index contributed by atoms with van der Waals surface area (Å²) in [5.41, 5.74) is 0. The van der Waals surface area contributed by atoms with Crippen LogP contribution >= 0.6 is 15.9 Å². The zero-order chi connectivity index (χ0) is 21.2. The minimum absolute atomic E-state index is 0.0395. The number of rotatable bonds is 5. The molecule has 0 saturated carbocycles. The lowest BCUT2D eigenvalue weighted by atomic mass is 10.3. The van der Waals surface area contributed by atoms with Crippen molar-refractivity contribution in [3.63, 3.8) is 0 Å². The van der Waals surface area contributed by atoms with Gasteiger partial charge in [0.2, 0.25) is 15.9 Å². The summed E-state index contributed by atoms with van der Waals surface area (Å²) < 4.78 is 58.8. The Morgan fingerprint density at radius 3 is 2.41 bits per heavy atom. The number of nitrogens with zero attached hydrogens (tertiary/aromatic N) is 2. The van der Waals surface area contributed by atoms with Crippen LogP contribution in [-0.4, -0.2) is 62.2 Å². The summed E-state index contributed by atoms with van der Waals surface area (Å²) in [4.78, 5) is 24.8. The Morgan fingerprint density at radius 2 is 1.79 bits per heavy atom. The van der Waals surface area contributed by atoms with Gasteiger partial charge in [-0.3, -0.25) is 9.59 Å². The minimum atomic E-state index is -4.23. The Bertz CT molecular complexity index is 1040. The molecule has 0 aliphatic carbocycles. The maximum Gasteiger partial charge on any atom is 0.287 e. The Balaban J connectivity index is 1.56. The Kier molecular flexibility index (Phi) is 6.34. The van der Waals surface area contributed by atoms with Gasteiger partial charge < -0.3 is 14.6 Å². The molecule has 29 heavy (non-hydrogen) atoms. The SMILES string of the molecule is O=C(NCC(=O)N1CCN(S(=O)(=O)c2cc(F)ccc2F)CC1)c1ccc(Br)o1. The number of piperazine rings is 1. The molecule has 2 heterocycles. The molecule has 1 fully saturated rings. The molecule has 0 unspecified atom stereocenters. The fraction of sp³-hybridized carbons (Fsp3) is 0.294. The summed E-state index contributed by atoms with van der Waals surface area (Å²) in [7, 11) is -4.23. The first-order valence-corrected chi connectivity index (χ1v) is 10.7. The zero-order valence-electron chi connectivity index (χ0n) is 14.9. The fourth-order valence-electron chi connectivity index (χ4n) is 2.78. The van der Waals surface area contributed by atoms with E-state index in [1.807, 2.05) is 0 Å². The molecule has 156 valence electrons. The molecule has 12 heteroatoms. The highest BCUT2D eigenvalue weighted by molar-refractivity contribution is 9.10. The van der Waals surface area contributed by atoms with Crippen LogP contribution in [0.2, 0.25) is 0 Å². The number of carbonyl (C=O) groups excluding carboxylic acids is 2. The van der Waals surface area contributed by atoms with Gasteiger partial charge in [-0.25, -0.2) is 17.2 Å². The van der Waals surface area contributed by atoms with Crippen LogP contribution in [0.1, 0.15) is 10.6 Å². The van der Waals surface area contributed by atoms with E-state index in [1.165, 1.54) is 17.0 Å². The predicted molar refractivity (Wildman–Crippen MR) is 100 cm³/mol. The molecule has 1 aliphatic heterocycles. The Morgan fingerprint density at radius 1 is 1.10 bits per heavy atom. The van der Waals surface area contributed by atoms with Crippen molar-refractivity contribution in [2.75, 3.05) is 32.7 Å². The monoisotopic (exact) mass is 491 g/mol. The van der Waals surface area contributed by atoms with Crippen LogP contribution < -0.4 is 5.32 Å². The highest BCUT2D eigenvalue weighted by Gasteiger charge is 2.32. The van der Waals surface area contributed by atoms with E-state index < -0.39 is 38.4 Å². The first kappa shape index (κ1) is 21.4. The number of amides is 2. The third-order valence-corrected chi connectivity index (χ3v) is 6.64. The normalized spacial score (nSPS) is 15.3. The third kappa shape index (κ3) is 4.82. The molecule has 1 aromatic heterocycles. The Labute approximate surface area is 173 Å². The molecular formula is C17H16BrF2N3O5S. The minimum Gasteiger partial charge on any atom is -0.444 e. The van der Waals surface area contributed by atoms with Gasteiger partial charge in [-0.15, -0.1) is 0 Å². The van der Waals surface area contributed by atoms with Crippen LogP contribution in [0.5, 0.6) is 0 Å². The molecular weight excluding hydrogens is 476 g/mol. The van der Waals surface area contributed by atoms with Crippen LogP contribution in [0.3, 0.4) is 0 Å². The van der Waals surface area contributed by atoms with Gasteiger partial charge in [-0.05, 0) is 46.3 Å². The lowest BCUT2D eigenvalue weighted by molar-refractivity contribution is -0.131. The molecule has 2 amide bonds. The Hall–Kier alpha value is -2.31. The van der Waals surface area contributed by atoms with Gasteiger partial charge in [0.05, 0.1) is 6.54 Å². The lowest BCUT2D eigenvalue weighted by Gasteiger charge is -2.34. The van der Waals surface area contributed by atoms with Gasteiger partial charge in [0, 0.05) is 26.2 Å². The second-order valence-corrected chi connectivity index (χ2v) is 8.83. The van der Waals surface area contributed by atoms with Gasteiger partial charge in [0.1, 0.15) is 16.5 Å². The number of furan rings is 1. The number of nitrogens with one attached hydrogen (secondary N) is 1. The number of hydrogen-bond acceptors (Lipinski definition) is 5. The molecule has 1 saturated heterocycles. The van der Waals surface area contributed by atoms with Crippen LogP contribution in [0, 0.1) is 11.6 Å². The zero-order valence-corrected chi connectivity index (χ0v) is 17.3. The molecule has 3 rings (SSSR count). The molecule has 0 radical (unpaired) electrons. The van der Waals surface area contributed by atoms with Crippen molar-refractivity contribution in [3.05, 3.63) is 52.4 Å². The van der Waals surface area contributed by atoms with E-state index in [9.17, 15) is 26.8 Å². The van der Waals surface area contributed by atoms with Crippen molar-refractivity contribution in [1.29, 1.82) is 0 Å². The second kappa shape index (κ2) is 8.59. The van der Waals surface area contributed by atoms with E-state index in [2.05, 4.69) is 21.2 Å². The van der Waals surface area contributed by atoms with Crippen LogP contribution in [0.25, 0.3) is 0 Å². The predicted octanol–water partition coefficient (Wildman–Crippen LogP) is 1.58. The van der Waals surface area contributed by atoms with E-state index in [0.29, 0.717) is 10.7 Å².